The van der Waals surface area contributed by atoms with E-state index >= 15 is 0 Å². The lowest BCUT2D eigenvalue weighted by atomic mass is 10.1. The maximum atomic E-state index is 13.9. The molecule has 0 heterocycles. The fourth-order valence-corrected chi connectivity index (χ4v) is 1.86. The molecular weight excluding hydrogens is 258 g/mol. The Morgan fingerprint density at radius 1 is 1.06 bits per heavy atom. The quantitative estimate of drug-likeness (QED) is 0.763. The summed E-state index contributed by atoms with van der Waals surface area (Å²) in [5.74, 6) is -1.33. The van der Waals surface area contributed by atoms with E-state index in [-0.39, 0.29) is 16.5 Å². The molecule has 2 rings (SSSR count). The van der Waals surface area contributed by atoms with Crippen LogP contribution in [0, 0.1) is 11.6 Å². The monoisotopic (exact) mass is 268 g/mol. The molecule has 0 atom stereocenters. The van der Waals surface area contributed by atoms with Gasteiger partial charge in [-0.05, 0) is 30.2 Å². The minimum atomic E-state index is -0.667. The van der Waals surface area contributed by atoms with Crippen LogP contribution in [0.1, 0.15) is 12.5 Å². The zero-order valence-electron chi connectivity index (χ0n) is 9.71. The van der Waals surface area contributed by atoms with Crippen LogP contribution in [0.2, 0.25) is 5.02 Å². The molecule has 1 nitrogen and oxygen atoms in total. The van der Waals surface area contributed by atoms with Crippen LogP contribution in [-0.2, 0) is 6.42 Å². The van der Waals surface area contributed by atoms with Crippen LogP contribution in [0.15, 0.2) is 36.4 Å². The molecule has 0 unspecified atom stereocenters. The highest BCUT2D eigenvalue weighted by Gasteiger charge is 2.13. The second-order valence-electron chi connectivity index (χ2n) is 3.74. The predicted molar refractivity (Wildman–Crippen MR) is 67.3 cm³/mol. The number of benzene rings is 2. The van der Waals surface area contributed by atoms with Crippen LogP contribution in [0.3, 0.4) is 0 Å². The van der Waals surface area contributed by atoms with Gasteiger partial charge in [-0.1, -0.05) is 36.7 Å². The molecular formula is C14H11ClF2O. The Bertz CT molecular complexity index is 570. The largest absolute Gasteiger partial charge is 0.451 e. The third-order valence-electron chi connectivity index (χ3n) is 2.56. The van der Waals surface area contributed by atoms with Crippen LogP contribution < -0.4 is 4.74 Å². The van der Waals surface area contributed by atoms with Crippen LogP contribution in [0.5, 0.6) is 11.5 Å². The summed E-state index contributed by atoms with van der Waals surface area (Å²) < 4.78 is 32.4. The normalized spacial score (nSPS) is 10.4. The van der Waals surface area contributed by atoms with Crippen molar-refractivity contribution in [2.45, 2.75) is 13.3 Å². The topological polar surface area (TPSA) is 9.23 Å². The minimum Gasteiger partial charge on any atom is -0.451 e. The van der Waals surface area contributed by atoms with E-state index in [1.54, 1.807) is 12.1 Å². The Kier molecular flexibility index (Phi) is 3.82. The number of hydrogen-bond acceptors (Lipinski definition) is 1. The molecule has 18 heavy (non-hydrogen) atoms. The summed E-state index contributed by atoms with van der Waals surface area (Å²) in [5.41, 5.74) is 0.690. The molecule has 0 amide bonds. The average molecular weight is 269 g/mol. The van der Waals surface area contributed by atoms with Gasteiger partial charge < -0.3 is 4.74 Å². The molecule has 0 spiro atoms. The SMILES string of the molecule is CCc1ccc(Oc2ccccc2F)c(F)c1Cl. The number of halogens is 3. The number of aryl methyl sites for hydroxylation is 1. The van der Waals surface area contributed by atoms with Crippen molar-refractivity contribution in [3.63, 3.8) is 0 Å². The van der Waals surface area contributed by atoms with Crippen molar-refractivity contribution in [3.05, 3.63) is 58.6 Å². The molecule has 0 saturated heterocycles. The Balaban J connectivity index is 2.36. The van der Waals surface area contributed by atoms with E-state index in [1.807, 2.05) is 6.92 Å². The first-order chi connectivity index (χ1) is 8.63. The van der Waals surface area contributed by atoms with Crippen molar-refractivity contribution < 1.29 is 13.5 Å². The first-order valence-electron chi connectivity index (χ1n) is 5.52. The van der Waals surface area contributed by atoms with Gasteiger partial charge in [0.1, 0.15) is 0 Å². The summed E-state index contributed by atoms with van der Waals surface area (Å²) >= 11 is 5.86. The molecule has 0 aliphatic carbocycles. The van der Waals surface area contributed by atoms with Crippen LogP contribution >= 0.6 is 11.6 Å². The molecule has 0 fully saturated rings. The van der Waals surface area contributed by atoms with Crippen molar-refractivity contribution in [3.8, 4) is 11.5 Å². The fourth-order valence-electron chi connectivity index (χ4n) is 1.57. The number of rotatable bonds is 3. The van der Waals surface area contributed by atoms with E-state index in [0.717, 1.165) is 0 Å². The second kappa shape index (κ2) is 5.36. The number of hydrogen-bond donors (Lipinski definition) is 0. The van der Waals surface area contributed by atoms with Crippen molar-refractivity contribution in [1.82, 2.24) is 0 Å². The molecule has 2 aromatic carbocycles. The lowest BCUT2D eigenvalue weighted by Gasteiger charge is -2.10. The van der Waals surface area contributed by atoms with E-state index in [1.165, 1.54) is 24.3 Å². The fraction of sp³-hybridized carbons (Fsp3) is 0.143. The molecule has 0 radical (unpaired) electrons. The van der Waals surface area contributed by atoms with E-state index in [2.05, 4.69) is 0 Å². The van der Waals surface area contributed by atoms with Gasteiger partial charge in [0.25, 0.3) is 0 Å². The minimum absolute atomic E-state index is 0.0198. The zero-order chi connectivity index (χ0) is 13.1. The van der Waals surface area contributed by atoms with E-state index in [0.29, 0.717) is 12.0 Å². The molecule has 0 aromatic heterocycles. The smallest absolute Gasteiger partial charge is 0.184 e. The lowest BCUT2D eigenvalue weighted by Crippen LogP contribution is -1.94. The lowest BCUT2D eigenvalue weighted by molar-refractivity contribution is 0.414. The van der Waals surface area contributed by atoms with Gasteiger partial charge in [0, 0.05) is 0 Å². The van der Waals surface area contributed by atoms with Crippen molar-refractivity contribution in [2.75, 3.05) is 0 Å². The van der Waals surface area contributed by atoms with Gasteiger partial charge in [-0.25, -0.2) is 8.78 Å². The van der Waals surface area contributed by atoms with Crippen LogP contribution in [0.25, 0.3) is 0 Å². The van der Waals surface area contributed by atoms with E-state index in [4.69, 9.17) is 16.3 Å². The number of ether oxygens (including phenoxy) is 1. The second-order valence-corrected chi connectivity index (χ2v) is 4.11. The maximum absolute atomic E-state index is 13.9. The molecule has 0 aliphatic heterocycles. The summed E-state index contributed by atoms with van der Waals surface area (Å²) in [6, 6.07) is 8.93. The summed E-state index contributed by atoms with van der Waals surface area (Å²) in [6.45, 7) is 1.87. The van der Waals surface area contributed by atoms with E-state index < -0.39 is 11.6 Å². The van der Waals surface area contributed by atoms with Gasteiger partial charge in [0.05, 0.1) is 5.02 Å². The standard InChI is InChI=1S/C14H11ClF2O/c1-2-9-7-8-12(14(17)13(9)15)18-11-6-4-3-5-10(11)16/h3-8H,2H2,1H3. The highest BCUT2D eigenvalue weighted by Crippen LogP contribution is 2.32. The Morgan fingerprint density at radius 3 is 2.44 bits per heavy atom. The van der Waals surface area contributed by atoms with Gasteiger partial charge in [0.15, 0.2) is 23.1 Å². The molecule has 2 aromatic rings. The third-order valence-corrected chi connectivity index (χ3v) is 2.97. The zero-order valence-corrected chi connectivity index (χ0v) is 10.5. The van der Waals surface area contributed by atoms with E-state index in [9.17, 15) is 8.78 Å². The molecule has 0 saturated carbocycles. The summed E-state index contributed by atoms with van der Waals surface area (Å²) in [5, 5.41) is 0.0198. The Hall–Kier alpha value is -1.61. The molecule has 0 bridgehead atoms. The Labute approximate surface area is 109 Å². The van der Waals surface area contributed by atoms with Gasteiger partial charge in [-0.3, -0.25) is 0 Å². The summed E-state index contributed by atoms with van der Waals surface area (Å²) in [4.78, 5) is 0. The number of para-hydroxylation sites is 1. The first-order valence-corrected chi connectivity index (χ1v) is 5.90. The molecule has 94 valence electrons. The van der Waals surface area contributed by atoms with Gasteiger partial charge in [-0.2, -0.15) is 0 Å². The highest BCUT2D eigenvalue weighted by molar-refractivity contribution is 6.31. The van der Waals surface area contributed by atoms with Crippen LogP contribution in [0.4, 0.5) is 8.78 Å². The molecule has 0 N–H and O–H groups in total. The predicted octanol–water partition coefficient (Wildman–Crippen LogP) is 4.97. The Morgan fingerprint density at radius 2 is 1.78 bits per heavy atom. The summed E-state index contributed by atoms with van der Waals surface area (Å²) in [6.07, 6.45) is 0.621. The van der Waals surface area contributed by atoms with Crippen molar-refractivity contribution in [1.29, 1.82) is 0 Å². The maximum Gasteiger partial charge on any atom is 0.184 e. The summed E-state index contributed by atoms with van der Waals surface area (Å²) in [7, 11) is 0. The third kappa shape index (κ3) is 2.46. The molecule has 0 aliphatic rings. The van der Waals surface area contributed by atoms with Crippen LogP contribution in [-0.4, -0.2) is 0 Å². The molecule has 4 heteroatoms. The van der Waals surface area contributed by atoms with Crippen molar-refractivity contribution in [2.24, 2.45) is 0 Å². The van der Waals surface area contributed by atoms with Gasteiger partial charge >= 0.3 is 0 Å². The van der Waals surface area contributed by atoms with Gasteiger partial charge in [0.2, 0.25) is 0 Å². The van der Waals surface area contributed by atoms with Gasteiger partial charge in [-0.15, -0.1) is 0 Å². The first kappa shape index (κ1) is 12.8. The van der Waals surface area contributed by atoms with Crippen molar-refractivity contribution >= 4 is 11.6 Å². The average Bonchev–Trinajstić information content (AvgIpc) is 2.38. The highest BCUT2D eigenvalue weighted by atomic mass is 35.5.